The summed E-state index contributed by atoms with van der Waals surface area (Å²) in [6.45, 7) is 0.563. The van der Waals surface area contributed by atoms with E-state index in [4.69, 9.17) is 16.2 Å². The Morgan fingerprint density at radius 2 is 2.05 bits per heavy atom. The fourth-order valence-corrected chi connectivity index (χ4v) is 1.60. The van der Waals surface area contributed by atoms with Crippen molar-refractivity contribution in [3.63, 3.8) is 0 Å². The first kappa shape index (κ1) is 15.0. The first-order valence-corrected chi connectivity index (χ1v) is 6.06. The maximum atomic E-state index is 11.7. The predicted molar refractivity (Wildman–Crippen MR) is 73.0 cm³/mol. The van der Waals surface area contributed by atoms with Gasteiger partial charge in [-0.2, -0.15) is 0 Å². The summed E-state index contributed by atoms with van der Waals surface area (Å²) in [6.07, 6.45) is 1.90. The number of rotatable bonds is 7. The fraction of sp³-hybridized carbons (Fsp3) is 0.385. The molecule has 0 atom stereocenters. The van der Waals surface area contributed by atoms with Crippen LogP contribution in [0.25, 0.3) is 0 Å². The molecule has 6 nitrogen and oxygen atoms in total. The summed E-state index contributed by atoms with van der Waals surface area (Å²) in [5.41, 5.74) is 11.3. The fourth-order valence-electron chi connectivity index (χ4n) is 1.60. The molecule has 6 heteroatoms. The first-order chi connectivity index (χ1) is 9.08. The molecular formula is C13H19N3O3. The number of unbranched alkanes of at least 4 members (excludes halogenated alkanes) is 1. The third kappa shape index (κ3) is 4.59. The van der Waals surface area contributed by atoms with Crippen molar-refractivity contribution in [2.45, 2.75) is 19.3 Å². The first-order valence-electron chi connectivity index (χ1n) is 6.06. The van der Waals surface area contributed by atoms with Gasteiger partial charge in [-0.3, -0.25) is 9.59 Å². The molecule has 0 aliphatic heterocycles. The smallest absolute Gasteiger partial charge is 0.248 e. The van der Waals surface area contributed by atoms with Gasteiger partial charge in [0.2, 0.25) is 11.8 Å². The van der Waals surface area contributed by atoms with Crippen LogP contribution >= 0.6 is 0 Å². The van der Waals surface area contributed by atoms with Crippen LogP contribution in [0, 0.1) is 0 Å². The molecule has 0 aromatic heterocycles. The Bertz CT molecular complexity index is 460. The number of benzene rings is 1. The minimum atomic E-state index is -0.554. The molecule has 0 heterocycles. The lowest BCUT2D eigenvalue weighted by atomic mass is 10.1. The van der Waals surface area contributed by atoms with Crippen molar-refractivity contribution in [1.29, 1.82) is 0 Å². The zero-order chi connectivity index (χ0) is 14.3. The standard InChI is InChI=1S/C13H19N3O3/c1-19-11-6-5-9(13(15)18)8-10(11)16-12(17)4-2-3-7-14/h5-6,8H,2-4,7,14H2,1H3,(H2,15,18)(H,16,17). The molecule has 0 aliphatic rings. The summed E-state index contributed by atoms with van der Waals surface area (Å²) in [7, 11) is 1.49. The zero-order valence-corrected chi connectivity index (χ0v) is 10.9. The normalized spacial score (nSPS) is 10.0. The van der Waals surface area contributed by atoms with Gasteiger partial charge in [-0.15, -0.1) is 0 Å². The molecule has 0 radical (unpaired) electrons. The lowest BCUT2D eigenvalue weighted by Crippen LogP contribution is -2.15. The molecule has 0 saturated carbocycles. The van der Waals surface area contributed by atoms with Crippen LogP contribution in [-0.4, -0.2) is 25.5 Å². The number of hydrogen-bond acceptors (Lipinski definition) is 4. The number of carbonyl (C=O) groups is 2. The monoisotopic (exact) mass is 265 g/mol. The Labute approximate surface area is 112 Å². The van der Waals surface area contributed by atoms with Gasteiger partial charge in [-0.25, -0.2) is 0 Å². The number of carbonyl (C=O) groups excluding carboxylic acids is 2. The van der Waals surface area contributed by atoms with Crippen molar-refractivity contribution >= 4 is 17.5 Å². The second-order valence-corrected chi connectivity index (χ2v) is 4.07. The quantitative estimate of drug-likeness (QED) is 0.635. The van der Waals surface area contributed by atoms with Gasteiger partial charge < -0.3 is 21.5 Å². The summed E-state index contributed by atoms with van der Waals surface area (Å²) in [5, 5.41) is 2.70. The zero-order valence-electron chi connectivity index (χ0n) is 10.9. The predicted octanol–water partition coefficient (Wildman–Crippen LogP) is 0.862. The molecule has 104 valence electrons. The Kier molecular flexibility index (Phi) is 5.81. The summed E-state index contributed by atoms with van der Waals surface area (Å²) in [5.74, 6) is -0.216. The Balaban J connectivity index is 2.77. The number of amides is 2. The Morgan fingerprint density at radius 3 is 2.63 bits per heavy atom. The highest BCUT2D eigenvalue weighted by atomic mass is 16.5. The van der Waals surface area contributed by atoms with E-state index in [9.17, 15) is 9.59 Å². The topological polar surface area (TPSA) is 107 Å². The highest BCUT2D eigenvalue weighted by molar-refractivity contribution is 5.97. The molecule has 1 rings (SSSR count). The highest BCUT2D eigenvalue weighted by Crippen LogP contribution is 2.25. The maximum Gasteiger partial charge on any atom is 0.248 e. The second kappa shape index (κ2) is 7.38. The van der Waals surface area contributed by atoms with Gasteiger partial charge in [-0.05, 0) is 37.6 Å². The van der Waals surface area contributed by atoms with Crippen LogP contribution in [0.4, 0.5) is 5.69 Å². The highest BCUT2D eigenvalue weighted by Gasteiger charge is 2.10. The Morgan fingerprint density at radius 1 is 1.32 bits per heavy atom. The van der Waals surface area contributed by atoms with E-state index in [1.165, 1.54) is 13.2 Å². The van der Waals surface area contributed by atoms with Crippen molar-refractivity contribution in [2.24, 2.45) is 11.5 Å². The van der Waals surface area contributed by atoms with Crippen molar-refractivity contribution in [2.75, 3.05) is 19.0 Å². The van der Waals surface area contributed by atoms with Gasteiger partial charge in [0.05, 0.1) is 12.8 Å². The molecule has 0 aliphatic carbocycles. The van der Waals surface area contributed by atoms with E-state index in [2.05, 4.69) is 5.32 Å². The minimum absolute atomic E-state index is 0.145. The largest absolute Gasteiger partial charge is 0.495 e. The van der Waals surface area contributed by atoms with E-state index in [1.807, 2.05) is 0 Å². The average Bonchev–Trinajstić information content (AvgIpc) is 2.38. The Hall–Kier alpha value is -2.08. The van der Waals surface area contributed by atoms with Crippen LogP contribution in [0.3, 0.4) is 0 Å². The van der Waals surface area contributed by atoms with Crippen LogP contribution in [0.15, 0.2) is 18.2 Å². The van der Waals surface area contributed by atoms with Gasteiger partial charge in [0.25, 0.3) is 0 Å². The van der Waals surface area contributed by atoms with Crippen LogP contribution in [0.1, 0.15) is 29.6 Å². The van der Waals surface area contributed by atoms with Gasteiger partial charge in [0.15, 0.2) is 0 Å². The number of nitrogens with one attached hydrogen (secondary N) is 1. The van der Waals surface area contributed by atoms with Gasteiger partial charge in [0.1, 0.15) is 5.75 Å². The van der Waals surface area contributed by atoms with E-state index < -0.39 is 5.91 Å². The van der Waals surface area contributed by atoms with Crippen molar-refractivity contribution in [3.05, 3.63) is 23.8 Å². The van der Waals surface area contributed by atoms with Gasteiger partial charge >= 0.3 is 0 Å². The van der Waals surface area contributed by atoms with E-state index >= 15 is 0 Å². The van der Waals surface area contributed by atoms with Gasteiger partial charge in [-0.1, -0.05) is 0 Å². The molecule has 0 bridgehead atoms. The second-order valence-electron chi connectivity index (χ2n) is 4.07. The lowest BCUT2D eigenvalue weighted by molar-refractivity contribution is -0.116. The van der Waals surface area contributed by atoms with Crippen LogP contribution < -0.4 is 21.5 Å². The number of methoxy groups -OCH3 is 1. The molecule has 2 amide bonds. The molecule has 0 fully saturated rings. The van der Waals surface area contributed by atoms with Crippen molar-refractivity contribution < 1.29 is 14.3 Å². The average molecular weight is 265 g/mol. The van der Waals surface area contributed by atoms with Crippen LogP contribution in [0.2, 0.25) is 0 Å². The molecule has 19 heavy (non-hydrogen) atoms. The molecular weight excluding hydrogens is 246 g/mol. The van der Waals surface area contributed by atoms with Crippen molar-refractivity contribution in [1.82, 2.24) is 0 Å². The maximum absolute atomic E-state index is 11.7. The molecule has 1 aromatic rings. The molecule has 1 aromatic carbocycles. The number of primary amides is 1. The third-order valence-corrected chi connectivity index (χ3v) is 2.62. The van der Waals surface area contributed by atoms with Crippen LogP contribution in [0.5, 0.6) is 5.75 Å². The molecule has 0 unspecified atom stereocenters. The summed E-state index contributed by atoms with van der Waals surface area (Å²) < 4.78 is 5.12. The van der Waals surface area contributed by atoms with E-state index in [0.717, 1.165) is 12.8 Å². The summed E-state index contributed by atoms with van der Waals surface area (Å²) >= 11 is 0. The minimum Gasteiger partial charge on any atom is -0.495 e. The number of hydrogen-bond donors (Lipinski definition) is 3. The number of anilines is 1. The third-order valence-electron chi connectivity index (χ3n) is 2.62. The van der Waals surface area contributed by atoms with E-state index in [-0.39, 0.29) is 5.91 Å². The summed E-state index contributed by atoms with van der Waals surface area (Å²) in [4.78, 5) is 22.8. The van der Waals surface area contributed by atoms with E-state index in [1.54, 1.807) is 12.1 Å². The molecule has 5 N–H and O–H groups in total. The number of nitrogens with two attached hydrogens (primary N) is 2. The summed E-state index contributed by atoms with van der Waals surface area (Å²) in [6, 6.07) is 4.64. The lowest BCUT2D eigenvalue weighted by Gasteiger charge is -2.11. The number of ether oxygens (including phenoxy) is 1. The van der Waals surface area contributed by atoms with Crippen LogP contribution in [-0.2, 0) is 4.79 Å². The SMILES string of the molecule is COc1ccc(C(N)=O)cc1NC(=O)CCCCN. The van der Waals surface area contributed by atoms with Crippen molar-refractivity contribution in [3.8, 4) is 5.75 Å². The molecule has 0 spiro atoms. The molecule has 0 saturated heterocycles. The van der Waals surface area contributed by atoms with E-state index in [0.29, 0.717) is 30.0 Å². The van der Waals surface area contributed by atoms with Gasteiger partial charge in [0, 0.05) is 12.0 Å².